The second kappa shape index (κ2) is 8.09. The summed E-state index contributed by atoms with van der Waals surface area (Å²) in [6.07, 6.45) is -5.59. The Balaban J connectivity index is 2.03. The van der Waals surface area contributed by atoms with Crippen LogP contribution in [0.4, 0.5) is 13.2 Å². The Hall–Kier alpha value is -2.74. The molecule has 0 radical (unpaired) electrons. The van der Waals surface area contributed by atoms with Crippen LogP contribution >= 0.6 is 0 Å². The minimum absolute atomic E-state index is 0.167. The minimum Gasteiger partial charge on any atom is -0.497 e. The van der Waals surface area contributed by atoms with Crippen molar-refractivity contribution in [1.29, 1.82) is 0 Å². The number of halogens is 3. The van der Waals surface area contributed by atoms with E-state index < -0.39 is 23.8 Å². The van der Waals surface area contributed by atoms with Crippen LogP contribution in [0.25, 0.3) is 0 Å². The van der Waals surface area contributed by atoms with Gasteiger partial charge in [-0.1, -0.05) is 12.1 Å². The van der Waals surface area contributed by atoms with E-state index in [9.17, 15) is 23.1 Å². The fourth-order valence-electron chi connectivity index (χ4n) is 2.28. The first-order valence-corrected chi connectivity index (χ1v) is 7.61. The number of hydrogen-bond donors (Lipinski definition) is 2. The van der Waals surface area contributed by atoms with Crippen molar-refractivity contribution in [1.82, 2.24) is 5.32 Å². The van der Waals surface area contributed by atoms with Crippen LogP contribution in [0.2, 0.25) is 0 Å². The number of aliphatic hydroxyl groups excluding tert-OH is 1. The van der Waals surface area contributed by atoms with Crippen molar-refractivity contribution in [3.63, 3.8) is 0 Å². The van der Waals surface area contributed by atoms with Gasteiger partial charge < -0.3 is 19.9 Å². The highest BCUT2D eigenvalue weighted by atomic mass is 19.4. The largest absolute Gasteiger partial charge is 0.497 e. The summed E-state index contributed by atoms with van der Waals surface area (Å²) < 4.78 is 47.8. The predicted molar refractivity (Wildman–Crippen MR) is 88.3 cm³/mol. The van der Waals surface area contributed by atoms with Gasteiger partial charge in [-0.25, -0.2) is 0 Å². The predicted octanol–water partition coefficient (Wildman–Crippen LogP) is 3.19. The van der Waals surface area contributed by atoms with Crippen LogP contribution in [0, 0.1) is 0 Å². The average Bonchev–Trinajstić information content (AvgIpc) is 2.64. The smallest absolute Gasteiger partial charge is 0.416 e. The Morgan fingerprint density at radius 1 is 1.12 bits per heavy atom. The van der Waals surface area contributed by atoms with Crippen LogP contribution in [-0.2, 0) is 6.18 Å². The number of carbonyl (C=O) groups excluding carboxylic acids is 1. The van der Waals surface area contributed by atoms with E-state index in [0.29, 0.717) is 11.5 Å². The van der Waals surface area contributed by atoms with Gasteiger partial charge >= 0.3 is 6.18 Å². The molecule has 1 unspecified atom stereocenters. The molecule has 0 aliphatic carbocycles. The van der Waals surface area contributed by atoms with Crippen molar-refractivity contribution < 1.29 is 32.5 Å². The first-order valence-electron chi connectivity index (χ1n) is 7.61. The highest BCUT2D eigenvalue weighted by molar-refractivity contribution is 5.97. The first kappa shape index (κ1) is 19.6. The molecule has 0 heterocycles. The number of aliphatic hydroxyl groups is 1. The van der Waals surface area contributed by atoms with Gasteiger partial charge in [-0.2, -0.15) is 13.2 Å². The summed E-state index contributed by atoms with van der Waals surface area (Å²) in [6, 6.07) is 8.75. The number of benzene rings is 2. The summed E-state index contributed by atoms with van der Waals surface area (Å²) in [7, 11) is 2.89. The lowest BCUT2D eigenvalue weighted by atomic mass is 10.1. The van der Waals surface area contributed by atoms with Gasteiger partial charge in [-0.15, -0.1) is 0 Å². The number of methoxy groups -OCH3 is 2. The molecular formula is C18H18F3NO4. The number of nitrogens with one attached hydrogen (secondary N) is 1. The summed E-state index contributed by atoms with van der Waals surface area (Å²) in [6.45, 7) is -0.167. The third-order valence-electron chi connectivity index (χ3n) is 3.73. The lowest BCUT2D eigenvalue weighted by molar-refractivity contribution is -0.137. The molecule has 2 aromatic rings. The fourth-order valence-corrected chi connectivity index (χ4v) is 2.28. The molecule has 5 nitrogen and oxygen atoms in total. The van der Waals surface area contributed by atoms with Crippen LogP contribution in [0.15, 0.2) is 42.5 Å². The van der Waals surface area contributed by atoms with Gasteiger partial charge in [0, 0.05) is 12.6 Å². The van der Waals surface area contributed by atoms with Crippen LogP contribution in [0.1, 0.15) is 27.6 Å². The molecule has 26 heavy (non-hydrogen) atoms. The number of ether oxygens (including phenoxy) is 2. The normalized spacial score (nSPS) is 12.4. The molecule has 0 aromatic heterocycles. The van der Waals surface area contributed by atoms with Crippen molar-refractivity contribution in [3.8, 4) is 11.5 Å². The number of hydrogen-bond acceptors (Lipinski definition) is 4. The Morgan fingerprint density at radius 3 is 2.31 bits per heavy atom. The van der Waals surface area contributed by atoms with Crippen molar-refractivity contribution >= 4 is 5.91 Å². The van der Waals surface area contributed by atoms with E-state index in [1.54, 1.807) is 12.1 Å². The lowest BCUT2D eigenvalue weighted by Crippen LogP contribution is -2.28. The van der Waals surface area contributed by atoms with Crippen molar-refractivity contribution in [3.05, 3.63) is 59.2 Å². The molecule has 0 bridgehead atoms. The zero-order chi connectivity index (χ0) is 19.3. The number of rotatable bonds is 6. The summed E-state index contributed by atoms with van der Waals surface area (Å²) in [5.74, 6) is 0.324. The van der Waals surface area contributed by atoms with Crippen LogP contribution in [-0.4, -0.2) is 31.8 Å². The summed E-state index contributed by atoms with van der Waals surface area (Å²) in [5, 5.41) is 12.6. The standard InChI is InChI=1S/C18H18F3NO4/c1-25-13-7-8-14(16(9-13)26-2)17(24)22-10-15(23)11-3-5-12(6-4-11)18(19,20)21/h3-9,15,23H,10H2,1-2H3,(H,22,24). The van der Waals surface area contributed by atoms with Gasteiger partial charge in [0.2, 0.25) is 0 Å². The van der Waals surface area contributed by atoms with Crippen LogP contribution in [0.5, 0.6) is 11.5 Å². The molecule has 0 saturated heterocycles. The topological polar surface area (TPSA) is 67.8 Å². The minimum atomic E-state index is -4.44. The maximum absolute atomic E-state index is 12.5. The monoisotopic (exact) mass is 369 g/mol. The fraction of sp³-hybridized carbons (Fsp3) is 0.278. The van der Waals surface area contributed by atoms with E-state index in [1.807, 2.05) is 0 Å². The third kappa shape index (κ3) is 4.66. The van der Waals surface area contributed by atoms with E-state index in [-0.39, 0.29) is 17.7 Å². The molecule has 0 aliphatic heterocycles. The third-order valence-corrected chi connectivity index (χ3v) is 3.73. The molecule has 8 heteroatoms. The highest BCUT2D eigenvalue weighted by Crippen LogP contribution is 2.30. The highest BCUT2D eigenvalue weighted by Gasteiger charge is 2.30. The van der Waals surface area contributed by atoms with Gasteiger partial charge in [-0.3, -0.25) is 4.79 Å². The molecule has 1 atom stereocenters. The zero-order valence-corrected chi connectivity index (χ0v) is 14.1. The maximum atomic E-state index is 12.5. The Labute approximate surface area is 148 Å². The van der Waals surface area contributed by atoms with E-state index in [2.05, 4.69) is 5.32 Å². The van der Waals surface area contributed by atoms with Gasteiger partial charge in [0.1, 0.15) is 11.5 Å². The second-order valence-corrected chi connectivity index (χ2v) is 5.41. The molecule has 2 rings (SSSR count). The Kier molecular flexibility index (Phi) is 6.10. The van der Waals surface area contributed by atoms with Gasteiger partial charge in [-0.05, 0) is 29.8 Å². The molecule has 2 aromatic carbocycles. The molecular weight excluding hydrogens is 351 g/mol. The first-order chi connectivity index (χ1) is 12.3. The number of carbonyl (C=O) groups is 1. The molecule has 0 aliphatic rings. The van der Waals surface area contributed by atoms with E-state index in [1.165, 1.54) is 32.4 Å². The molecule has 0 spiro atoms. The molecule has 0 fully saturated rings. The van der Waals surface area contributed by atoms with Crippen molar-refractivity contribution in [2.75, 3.05) is 20.8 Å². The number of alkyl halides is 3. The number of amides is 1. The summed E-state index contributed by atoms with van der Waals surface area (Å²) in [5.41, 5.74) is -0.298. The van der Waals surface area contributed by atoms with Crippen molar-refractivity contribution in [2.45, 2.75) is 12.3 Å². The van der Waals surface area contributed by atoms with Gasteiger partial charge in [0.05, 0.1) is 31.5 Å². The molecule has 140 valence electrons. The lowest BCUT2D eigenvalue weighted by Gasteiger charge is -2.15. The molecule has 0 saturated carbocycles. The Bertz CT molecular complexity index is 760. The zero-order valence-electron chi connectivity index (χ0n) is 14.1. The quantitative estimate of drug-likeness (QED) is 0.821. The van der Waals surface area contributed by atoms with E-state index in [0.717, 1.165) is 12.1 Å². The Morgan fingerprint density at radius 2 is 1.77 bits per heavy atom. The molecule has 2 N–H and O–H groups in total. The second-order valence-electron chi connectivity index (χ2n) is 5.41. The van der Waals surface area contributed by atoms with Crippen LogP contribution < -0.4 is 14.8 Å². The van der Waals surface area contributed by atoms with Gasteiger partial charge in [0.15, 0.2) is 0 Å². The van der Waals surface area contributed by atoms with Crippen LogP contribution in [0.3, 0.4) is 0 Å². The maximum Gasteiger partial charge on any atom is 0.416 e. The van der Waals surface area contributed by atoms with Crippen molar-refractivity contribution in [2.24, 2.45) is 0 Å². The van der Waals surface area contributed by atoms with E-state index >= 15 is 0 Å². The average molecular weight is 369 g/mol. The van der Waals surface area contributed by atoms with Gasteiger partial charge in [0.25, 0.3) is 5.91 Å². The summed E-state index contributed by atoms with van der Waals surface area (Å²) in [4.78, 5) is 12.3. The van der Waals surface area contributed by atoms with E-state index in [4.69, 9.17) is 9.47 Å². The molecule has 1 amide bonds. The summed E-state index contributed by atoms with van der Waals surface area (Å²) >= 11 is 0. The SMILES string of the molecule is COc1ccc(C(=O)NCC(O)c2ccc(C(F)(F)F)cc2)c(OC)c1.